The Balaban J connectivity index is 2.07. The molecule has 0 radical (unpaired) electrons. The van der Waals surface area contributed by atoms with Gasteiger partial charge in [0, 0.05) is 18.1 Å². The fraction of sp³-hybridized carbons (Fsp3) is 0.714. The minimum atomic E-state index is 0.0547. The molecular formula is C14H24N4O2. The van der Waals surface area contributed by atoms with Crippen molar-refractivity contribution in [2.45, 2.75) is 46.3 Å². The number of hydrogen-bond acceptors (Lipinski definition) is 6. The number of anilines is 2. The zero-order valence-electron chi connectivity index (χ0n) is 12.6. The van der Waals surface area contributed by atoms with Crippen molar-refractivity contribution in [1.82, 2.24) is 9.97 Å². The molecule has 0 aliphatic heterocycles. The largest absolute Gasteiger partial charge is 0.476 e. The fourth-order valence-corrected chi connectivity index (χ4v) is 2.53. The molecule has 0 aromatic carbocycles. The van der Waals surface area contributed by atoms with E-state index in [4.69, 9.17) is 15.2 Å². The lowest BCUT2D eigenvalue weighted by atomic mass is 9.64. The van der Waals surface area contributed by atoms with Crippen LogP contribution in [-0.4, -0.2) is 35.3 Å². The first-order valence-corrected chi connectivity index (χ1v) is 7.12. The third-order valence-corrected chi connectivity index (χ3v) is 3.98. The summed E-state index contributed by atoms with van der Waals surface area (Å²) in [5, 5.41) is 3.39. The second-order valence-electron chi connectivity index (χ2n) is 5.57. The lowest BCUT2D eigenvalue weighted by Gasteiger charge is -2.51. The molecule has 1 aliphatic carbocycles. The van der Waals surface area contributed by atoms with E-state index in [1.54, 1.807) is 0 Å². The van der Waals surface area contributed by atoms with Crippen LogP contribution in [0.1, 0.15) is 34.1 Å². The molecule has 1 saturated carbocycles. The third-order valence-electron chi connectivity index (χ3n) is 3.98. The highest BCUT2D eigenvalue weighted by Crippen LogP contribution is 2.44. The summed E-state index contributed by atoms with van der Waals surface area (Å²) < 4.78 is 11.1. The van der Waals surface area contributed by atoms with Crippen LogP contribution >= 0.6 is 0 Å². The standard InChI is InChI=1S/C14H24N4O2/c1-5-19-10-7-9(14(10,3)4)18-12-11(15)13(20-6-2)17-8-16-12/h8-10H,5-7,15H2,1-4H3,(H,16,17,18). The van der Waals surface area contributed by atoms with Crippen LogP contribution in [0, 0.1) is 5.41 Å². The molecule has 6 heteroatoms. The SMILES string of the molecule is CCOc1ncnc(NC2CC(OCC)C2(C)C)c1N. The number of nitrogens with one attached hydrogen (secondary N) is 1. The lowest BCUT2D eigenvalue weighted by Crippen LogP contribution is -2.58. The monoisotopic (exact) mass is 280 g/mol. The second-order valence-corrected chi connectivity index (χ2v) is 5.57. The van der Waals surface area contributed by atoms with Crippen molar-refractivity contribution in [3.05, 3.63) is 6.33 Å². The van der Waals surface area contributed by atoms with Crippen molar-refractivity contribution in [2.75, 3.05) is 24.3 Å². The number of ether oxygens (including phenoxy) is 2. The molecule has 1 aromatic heterocycles. The average Bonchev–Trinajstić information content (AvgIpc) is 2.42. The fourth-order valence-electron chi connectivity index (χ4n) is 2.53. The number of aromatic nitrogens is 2. The molecule has 0 bridgehead atoms. The van der Waals surface area contributed by atoms with Crippen molar-refractivity contribution < 1.29 is 9.47 Å². The average molecular weight is 280 g/mol. The first kappa shape index (κ1) is 14.8. The zero-order chi connectivity index (χ0) is 14.8. The van der Waals surface area contributed by atoms with Crippen LogP contribution in [-0.2, 0) is 4.74 Å². The molecule has 0 spiro atoms. The first-order chi connectivity index (χ1) is 9.50. The minimum absolute atomic E-state index is 0.0547. The summed E-state index contributed by atoms with van der Waals surface area (Å²) in [5.41, 5.74) is 6.55. The zero-order valence-corrected chi connectivity index (χ0v) is 12.6. The van der Waals surface area contributed by atoms with E-state index in [-0.39, 0.29) is 17.6 Å². The van der Waals surface area contributed by atoms with Crippen molar-refractivity contribution in [3.63, 3.8) is 0 Å². The molecule has 2 atom stereocenters. The Labute approximate surface area is 120 Å². The van der Waals surface area contributed by atoms with E-state index in [2.05, 4.69) is 29.1 Å². The highest BCUT2D eigenvalue weighted by molar-refractivity contribution is 5.67. The van der Waals surface area contributed by atoms with Crippen LogP contribution < -0.4 is 15.8 Å². The van der Waals surface area contributed by atoms with Crippen molar-refractivity contribution in [3.8, 4) is 5.88 Å². The van der Waals surface area contributed by atoms with Crippen LogP contribution in [0.15, 0.2) is 6.33 Å². The quantitative estimate of drug-likeness (QED) is 0.830. The maximum Gasteiger partial charge on any atom is 0.242 e. The maximum absolute atomic E-state index is 6.03. The Morgan fingerprint density at radius 2 is 2.10 bits per heavy atom. The molecule has 1 aliphatic rings. The number of nitrogens with two attached hydrogens (primary N) is 1. The summed E-state index contributed by atoms with van der Waals surface area (Å²) in [7, 11) is 0. The highest BCUT2D eigenvalue weighted by Gasteiger charge is 2.49. The molecule has 6 nitrogen and oxygen atoms in total. The number of nitrogens with zero attached hydrogens (tertiary/aromatic N) is 2. The van der Waals surface area contributed by atoms with Gasteiger partial charge in [0.15, 0.2) is 5.82 Å². The van der Waals surface area contributed by atoms with E-state index in [0.29, 0.717) is 24.0 Å². The smallest absolute Gasteiger partial charge is 0.242 e. The Kier molecular flexibility index (Phi) is 4.32. The van der Waals surface area contributed by atoms with Gasteiger partial charge in [0.1, 0.15) is 12.0 Å². The van der Waals surface area contributed by atoms with Gasteiger partial charge < -0.3 is 20.5 Å². The highest BCUT2D eigenvalue weighted by atomic mass is 16.5. The normalized spacial score (nSPS) is 24.0. The molecular weight excluding hydrogens is 256 g/mol. The molecule has 20 heavy (non-hydrogen) atoms. The van der Waals surface area contributed by atoms with Gasteiger partial charge in [-0.05, 0) is 20.3 Å². The van der Waals surface area contributed by atoms with E-state index in [9.17, 15) is 0 Å². The van der Waals surface area contributed by atoms with Gasteiger partial charge in [-0.25, -0.2) is 4.98 Å². The topological polar surface area (TPSA) is 82.3 Å². The molecule has 1 aromatic rings. The predicted molar refractivity (Wildman–Crippen MR) is 78.8 cm³/mol. The summed E-state index contributed by atoms with van der Waals surface area (Å²) in [6.45, 7) is 9.57. The second kappa shape index (κ2) is 5.83. The van der Waals surface area contributed by atoms with Gasteiger partial charge >= 0.3 is 0 Å². The molecule has 0 amide bonds. The van der Waals surface area contributed by atoms with Crippen LogP contribution in [0.3, 0.4) is 0 Å². The van der Waals surface area contributed by atoms with E-state index < -0.39 is 0 Å². The van der Waals surface area contributed by atoms with Gasteiger partial charge in [-0.3, -0.25) is 0 Å². The minimum Gasteiger partial charge on any atom is -0.476 e. The molecule has 2 rings (SSSR count). The Morgan fingerprint density at radius 3 is 2.70 bits per heavy atom. The van der Waals surface area contributed by atoms with Gasteiger partial charge in [-0.1, -0.05) is 13.8 Å². The summed E-state index contributed by atoms with van der Waals surface area (Å²) >= 11 is 0. The molecule has 1 heterocycles. The first-order valence-electron chi connectivity index (χ1n) is 7.12. The molecule has 3 N–H and O–H groups in total. The van der Waals surface area contributed by atoms with Crippen LogP contribution in [0.5, 0.6) is 5.88 Å². The van der Waals surface area contributed by atoms with E-state index >= 15 is 0 Å². The van der Waals surface area contributed by atoms with Crippen LogP contribution in [0.2, 0.25) is 0 Å². The number of hydrogen-bond donors (Lipinski definition) is 2. The van der Waals surface area contributed by atoms with E-state index in [1.165, 1.54) is 6.33 Å². The molecule has 112 valence electrons. The summed E-state index contributed by atoms with van der Waals surface area (Å²) in [4.78, 5) is 8.25. The summed E-state index contributed by atoms with van der Waals surface area (Å²) in [6, 6.07) is 0.283. The molecule has 0 saturated heterocycles. The molecule has 2 unspecified atom stereocenters. The van der Waals surface area contributed by atoms with Crippen molar-refractivity contribution >= 4 is 11.5 Å². The van der Waals surface area contributed by atoms with Gasteiger partial charge in [0.25, 0.3) is 0 Å². The van der Waals surface area contributed by atoms with Gasteiger partial charge in [-0.2, -0.15) is 4.98 Å². The van der Waals surface area contributed by atoms with Crippen LogP contribution in [0.4, 0.5) is 11.5 Å². The van der Waals surface area contributed by atoms with Gasteiger partial charge in [-0.15, -0.1) is 0 Å². The Morgan fingerprint density at radius 1 is 1.35 bits per heavy atom. The lowest BCUT2D eigenvalue weighted by molar-refractivity contribution is -0.0976. The van der Waals surface area contributed by atoms with Crippen molar-refractivity contribution in [1.29, 1.82) is 0 Å². The van der Waals surface area contributed by atoms with E-state index in [1.807, 2.05) is 13.8 Å². The summed E-state index contributed by atoms with van der Waals surface area (Å²) in [6.07, 6.45) is 2.70. The van der Waals surface area contributed by atoms with Crippen molar-refractivity contribution in [2.24, 2.45) is 5.41 Å². The Hall–Kier alpha value is -1.56. The van der Waals surface area contributed by atoms with Gasteiger partial charge in [0.05, 0.1) is 12.7 Å². The molecule has 1 fully saturated rings. The summed E-state index contributed by atoms with van der Waals surface area (Å²) in [5.74, 6) is 1.07. The third kappa shape index (κ3) is 2.65. The maximum atomic E-state index is 6.03. The number of nitrogen functional groups attached to an aromatic ring is 1. The van der Waals surface area contributed by atoms with Crippen LogP contribution in [0.25, 0.3) is 0 Å². The Bertz CT molecular complexity index is 464. The van der Waals surface area contributed by atoms with Gasteiger partial charge in [0.2, 0.25) is 5.88 Å². The predicted octanol–water partition coefficient (Wildman–Crippen LogP) is 2.07. The number of rotatable bonds is 6. The van der Waals surface area contributed by atoms with E-state index in [0.717, 1.165) is 13.0 Å².